The molecule has 3 rings (SSSR count). The van der Waals surface area contributed by atoms with Gasteiger partial charge in [0.25, 0.3) is 5.24 Å². The molecule has 0 aromatic heterocycles. The van der Waals surface area contributed by atoms with Crippen LogP contribution in [-0.4, -0.2) is 61.9 Å². The SMILES string of the molecule is CC(=O)N1CC(C)Oc2ccc(S(=O)(=O)NCCN3C(=O)CSC3=O)cc21. The van der Waals surface area contributed by atoms with E-state index in [1.807, 2.05) is 6.92 Å². The number of nitrogens with zero attached hydrogens (tertiary/aromatic N) is 2. The van der Waals surface area contributed by atoms with Gasteiger partial charge >= 0.3 is 0 Å². The van der Waals surface area contributed by atoms with Crippen LogP contribution in [0, 0.1) is 0 Å². The molecule has 1 fully saturated rings. The molecule has 27 heavy (non-hydrogen) atoms. The summed E-state index contributed by atoms with van der Waals surface area (Å²) in [7, 11) is -3.88. The van der Waals surface area contributed by atoms with Crippen LogP contribution in [0.5, 0.6) is 5.75 Å². The molecule has 3 amide bonds. The van der Waals surface area contributed by atoms with Gasteiger partial charge in [0.2, 0.25) is 21.8 Å². The number of nitrogens with one attached hydrogen (secondary N) is 1. The third-order valence-electron chi connectivity index (χ3n) is 4.15. The molecule has 2 aliphatic rings. The maximum atomic E-state index is 12.5. The quantitative estimate of drug-likeness (QED) is 0.759. The van der Waals surface area contributed by atoms with Gasteiger partial charge < -0.3 is 9.64 Å². The van der Waals surface area contributed by atoms with E-state index in [2.05, 4.69) is 4.72 Å². The highest BCUT2D eigenvalue weighted by molar-refractivity contribution is 8.14. The minimum Gasteiger partial charge on any atom is -0.487 e. The van der Waals surface area contributed by atoms with Crippen molar-refractivity contribution in [3.8, 4) is 5.75 Å². The number of carbonyl (C=O) groups excluding carboxylic acids is 3. The average Bonchev–Trinajstić information content (AvgIpc) is 2.92. The molecule has 11 heteroatoms. The highest BCUT2D eigenvalue weighted by Crippen LogP contribution is 2.35. The minimum absolute atomic E-state index is 0.0286. The monoisotopic (exact) mass is 413 g/mol. The number of amides is 3. The zero-order valence-electron chi connectivity index (χ0n) is 14.8. The molecule has 0 radical (unpaired) electrons. The molecule has 1 N–H and O–H groups in total. The lowest BCUT2D eigenvalue weighted by Gasteiger charge is -2.33. The first-order valence-corrected chi connectivity index (χ1v) is 10.7. The van der Waals surface area contributed by atoms with Gasteiger partial charge in [0.1, 0.15) is 11.9 Å². The van der Waals surface area contributed by atoms with E-state index in [9.17, 15) is 22.8 Å². The lowest BCUT2D eigenvalue weighted by molar-refractivity contribution is -0.124. The molecular formula is C16H19N3O6S2. The number of hydrogen-bond donors (Lipinski definition) is 1. The Balaban J connectivity index is 1.75. The number of anilines is 1. The molecule has 0 saturated carbocycles. The lowest BCUT2D eigenvalue weighted by atomic mass is 10.2. The van der Waals surface area contributed by atoms with E-state index in [4.69, 9.17) is 4.74 Å². The Morgan fingerprint density at radius 3 is 2.74 bits per heavy atom. The van der Waals surface area contributed by atoms with Gasteiger partial charge in [-0.25, -0.2) is 13.1 Å². The summed E-state index contributed by atoms with van der Waals surface area (Å²) in [4.78, 5) is 37.4. The third kappa shape index (κ3) is 4.09. The summed E-state index contributed by atoms with van der Waals surface area (Å²) in [5.74, 6) is -0.0256. The fraction of sp³-hybridized carbons (Fsp3) is 0.438. The van der Waals surface area contributed by atoms with Crippen molar-refractivity contribution in [1.82, 2.24) is 9.62 Å². The number of benzene rings is 1. The number of imide groups is 1. The molecule has 1 saturated heterocycles. The molecule has 0 spiro atoms. The molecule has 0 bridgehead atoms. The Kier molecular flexibility index (Phi) is 5.45. The summed E-state index contributed by atoms with van der Waals surface area (Å²) in [5.41, 5.74) is 0.393. The molecule has 146 valence electrons. The van der Waals surface area contributed by atoms with Crippen molar-refractivity contribution in [1.29, 1.82) is 0 Å². The first kappa shape index (κ1) is 19.6. The summed E-state index contributed by atoms with van der Waals surface area (Å²) < 4.78 is 33.1. The smallest absolute Gasteiger partial charge is 0.288 e. The second-order valence-corrected chi connectivity index (χ2v) is 8.88. The Bertz CT molecular complexity index is 885. The Hall–Kier alpha value is -2.11. The van der Waals surface area contributed by atoms with E-state index >= 15 is 0 Å². The van der Waals surface area contributed by atoms with Gasteiger partial charge in [-0.15, -0.1) is 0 Å². The minimum atomic E-state index is -3.88. The summed E-state index contributed by atoms with van der Waals surface area (Å²) in [6.45, 7) is 3.43. The van der Waals surface area contributed by atoms with Crippen molar-refractivity contribution in [3.05, 3.63) is 18.2 Å². The zero-order chi connectivity index (χ0) is 19.8. The van der Waals surface area contributed by atoms with E-state index in [-0.39, 0.29) is 46.9 Å². The van der Waals surface area contributed by atoms with Gasteiger partial charge in [-0.1, -0.05) is 11.8 Å². The van der Waals surface area contributed by atoms with Gasteiger partial charge in [0, 0.05) is 20.0 Å². The molecule has 1 atom stereocenters. The first-order valence-electron chi connectivity index (χ1n) is 8.24. The zero-order valence-corrected chi connectivity index (χ0v) is 16.4. The van der Waals surface area contributed by atoms with E-state index in [1.54, 1.807) is 0 Å². The van der Waals surface area contributed by atoms with Crippen LogP contribution in [0.3, 0.4) is 0 Å². The number of carbonyl (C=O) groups is 3. The van der Waals surface area contributed by atoms with Crippen LogP contribution in [-0.2, 0) is 19.6 Å². The molecule has 2 heterocycles. The fourth-order valence-corrected chi connectivity index (χ4v) is 4.65. The lowest BCUT2D eigenvalue weighted by Crippen LogP contribution is -2.41. The number of fused-ring (bicyclic) bond motifs is 1. The molecule has 2 aliphatic heterocycles. The summed E-state index contributed by atoms with van der Waals surface area (Å²) >= 11 is 0.895. The predicted molar refractivity (Wildman–Crippen MR) is 99.3 cm³/mol. The van der Waals surface area contributed by atoms with Crippen LogP contribution in [0.2, 0.25) is 0 Å². The van der Waals surface area contributed by atoms with Crippen molar-refractivity contribution in [2.45, 2.75) is 24.8 Å². The van der Waals surface area contributed by atoms with Crippen LogP contribution in [0.25, 0.3) is 0 Å². The number of rotatable bonds is 5. The topological polar surface area (TPSA) is 113 Å². The van der Waals surface area contributed by atoms with Crippen molar-refractivity contribution < 1.29 is 27.5 Å². The van der Waals surface area contributed by atoms with Crippen LogP contribution in [0.4, 0.5) is 10.5 Å². The molecule has 0 aliphatic carbocycles. The van der Waals surface area contributed by atoms with E-state index in [1.165, 1.54) is 30.0 Å². The van der Waals surface area contributed by atoms with E-state index < -0.39 is 10.0 Å². The molecule has 1 aromatic carbocycles. The van der Waals surface area contributed by atoms with Crippen molar-refractivity contribution in [2.75, 3.05) is 30.3 Å². The Morgan fingerprint density at radius 2 is 2.11 bits per heavy atom. The highest BCUT2D eigenvalue weighted by Gasteiger charge is 2.30. The molecule has 1 aromatic rings. The normalized spacial score (nSPS) is 19.9. The molecular weight excluding hydrogens is 394 g/mol. The van der Waals surface area contributed by atoms with Crippen molar-refractivity contribution >= 4 is 44.5 Å². The van der Waals surface area contributed by atoms with Crippen molar-refractivity contribution in [2.24, 2.45) is 0 Å². The summed E-state index contributed by atoms with van der Waals surface area (Å²) in [6, 6.07) is 4.28. The average molecular weight is 413 g/mol. The standard InChI is InChI=1S/C16H19N3O6S2/c1-10-8-19(11(2)20)13-7-12(3-4-14(13)25-10)27(23,24)17-5-6-18-15(21)9-26-16(18)22/h3-4,7,10,17H,5-6,8-9H2,1-2H3. The van der Waals surface area contributed by atoms with Crippen LogP contribution in [0.1, 0.15) is 13.8 Å². The van der Waals surface area contributed by atoms with Gasteiger partial charge in [-0.2, -0.15) is 0 Å². The maximum absolute atomic E-state index is 12.5. The Labute approximate surface area is 161 Å². The molecule has 9 nitrogen and oxygen atoms in total. The second-order valence-electron chi connectivity index (χ2n) is 6.19. The summed E-state index contributed by atoms with van der Waals surface area (Å²) in [5, 5.41) is -0.378. The van der Waals surface area contributed by atoms with Crippen molar-refractivity contribution in [3.63, 3.8) is 0 Å². The number of thioether (sulfide) groups is 1. The van der Waals surface area contributed by atoms with Crippen LogP contribution < -0.4 is 14.4 Å². The third-order valence-corrected chi connectivity index (χ3v) is 6.46. The Morgan fingerprint density at radius 1 is 1.37 bits per heavy atom. The largest absolute Gasteiger partial charge is 0.487 e. The molecule has 1 unspecified atom stereocenters. The fourth-order valence-electron chi connectivity index (χ4n) is 2.85. The number of ether oxygens (including phenoxy) is 1. The van der Waals surface area contributed by atoms with Gasteiger partial charge in [0.15, 0.2) is 0 Å². The van der Waals surface area contributed by atoms with Gasteiger partial charge in [-0.3, -0.25) is 19.3 Å². The highest BCUT2D eigenvalue weighted by atomic mass is 32.2. The van der Waals surface area contributed by atoms with E-state index in [0.717, 1.165) is 16.7 Å². The number of sulfonamides is 1. The van der Waals surface area contributed by atoms with E-state index in [0.29, 0.717) is 18.0 Å². The number of hydrogen-bond acceptors (Lipinski definition) is 7. The maximum Gasteiger partial charge on any atom is 0.288 e. The summed E-state index contributed by atoms with van der Waals surface area (Å²) in [6.07, 6.45) is -0.199. The predicted octanol–water partition coefficient (Wildman–Crippen LogP) is 0.794. The van der Waals surface area contributed by atoms with Gasteiger partial charge in [-0.05, 0) is 25.1 Å². The van der Waals surface area contributed by atoms with Gasteiger partial charge in [0.05, 0.1) is 22.9 Å². The first-order chi connectivity index (χ1) is 12.7. The van der Waals surface area contributed by atoms with Crippen LogP contribution >= 0.6 is 11.8 Å². The van der Waals surface area contributed by atoms with Crippen LogP contribution in [0.15, 0.2) is 23.1 Å². The second kappa shape index (κ2) is 7.49.